The summed E-state index contributed by atoms with van der Waals surface area (Å²) < 4.78 is 14.1. The summed E-state index contributed by atoms with van der Waals surface area (Å²) in [5.41, 5.74) is 0.702. The van der Waals surface area contributed by atoms with Gasteiger partial charge in [0, 0.05) is 12.4 Å². The molecule has 4 aromatic rings. The molecule has 0 saturated heterocycles. The zero-order valence-corrected chi connectivity index (χ0v) is 17.4. The number of esters is 1. The van der Waals surface area contributed by atoms with Gasteiger partial charge in [-0.05, 0) is 43.3 Å². The van der Waals surface area contributed by atoms with E-state index in [-0.39, 0.29) is 18.3 Å². The number of amides is 1. The molecule has 3 aromatic heterocycles. The van der Waals surface area contributed by atoms with Crippen LogP contribution in [0.5, 0.6) is 0 Å². The minimum atomic E-state index is -0.485. The maximum absolute atomic E-state index is 12.6. The molecule has 0 spiro atoms. The van der Waals surface area contributed by atoms with E-state index in [2.05, 4.69) is 15.5 Å². The summed E-state index contributed by atoms with van der Waals surface area (Å²) in [5, 5.41) is 11.7. The van der Waals surface area contributed by atoms with Crippen molar-refractivity contribution in [2.24, 2.45) is 0 Å². The van der Waals surface area contributed by atoms with Crippen LogP contribution >= 0.6 is 11.8 Å². The lowest BCUT2D eigenvalue weighted by atomic mass is 10.2. The highest BCUT2D eigenvalue weighted by Crippen LogP contribution is 2.25. The first kappa shape index (κ1) is 20.5. The Morgan fingerprint density at radius 1 is 1.10 bits per heavy atom. The predicted molar refractivity (Wildman–Crippen MR) is 115 cm³/mol. The summed E-state index contributed by atoms with van der Waals surface area (Å²) in [5.74, 6) is 0.358. The quantitative estimate of drug-likeness (QED) is 0.332. The molecule has 0 aliphatic rings. The summed E-state index contributed by atoms with van der Waals surface area (Å²) in [7, 11) is 0. The van der Waals surface area contributed by atoms with Gasteiger partial charge in [-0.25, -0.2) is 9.47 Å². The molecule has 4 rings (SSSR count). The monoisotopic (exact) mass is 437 g/mol. The molecule has 9 nitrogen and oxygen atoms in total. The van der Waals surface area contributed by atoms with Crippen LogP contribution in [0.2, 0.25) is 0 Å². The Hall–Kier alpha value is -3.79. The summed E-state index contributed by atoms with van der Waals surface area (Å²) in [6, 6.07) is 14.0. The smallest absolute Gasteiger partial charge is 0.340 e. The van der Waals surface area contributed by atoms with Crippen molar-refractivity contribution in [1.82, 2.24) is 19.5 Å². The first-order valence-corrected chi connectivity index (χ1v) is 10.5. The van der Waals surface area contributed by atoms with Gasteiger partial charge in [-0.15, -0.1) is 10.2 Å². The van der Waals surface area contributed by atoms with Gasteiger partial charge in [0.15, 0.2) is 5.76 Å². The van der Waals surface area contributed by atoms with Crippen molar-refractivity contribution in [3.8, 4) is 11.6 Å². The molecular weight excluding hydrogens is 418 g/mol. The molecular formula is C21H19N5O4S. The molecule has 10 heteroatoms. The standard InChI is InChI=1S/C21H19N5O4S/c1-2-29-20(28)15-8-3-4-9-16(15)22-18(27)14-31-21-24-23-19(17-10-7-13-30-17)26(21)25-11-5-6-12-25/h3-13H,2,14H2,1H3,(H,22,27). The number of nitrogens with zero attached hydrogens (tertiary/aromatic N) is 4. The lowest BCUT2D eigenvalue weighted by Crippen LogP contribution is -2.18. The van der Waals surface area contributed by atoms with E-state index in [1.807, 2.05) is 24.5 Å². The number of thioether (sulfide) groups is 1. The Balaban J connectivity index is 1.51. The number of anilines is 1. The first-order chi connectivity index (χ1) is 15.2. The molecule has 3 heterocycles. The molecule has 0 saturated carbocycles. The maximum atomic E-state index is 12.6. The minimum absolute atomic E-state index is 0.0642. The number of carbonyl (C=O) groups is 2. The van der Waals surface area contributed by atoms with Crippen LogP contribution in [0.15, 0.2) is 76.8 Å². The molecule has 0 unspecified atom stereocenters. The summed E-state index contributed by atoms with van der Waals surface area (Å²) in [6.07, 6.45) is 5.25. The molecule has 0 radical (unpaired) electrons. The van der Waals surface area contributed by atoms with Crippen LogP contribution in [0.25, 0.3) is 11.6 Å². The third kappa shape index (κ3) is 4.53. The Kier molecular flexibility index (Phi) is 6.18. The van der Waals surface area contributed by atoms with Crippen molar-refractivity contribution in [1.29, 1.82) is 0 Å². The topological polar surface area (TPSA) is 104 Å². The molecule has 31 heavy (non-hydrogen) atoms. The van der Waals surface area contributed by atoms with Crippen LogP contribution in [0.3, 0.4) is 0 Å². The molecule has 1 N–H and O–H groups in total. The molecule has 1 amide bonds. The van der Waals surface area contributed by atoms with E-state index in [0.717, 1.165) is 0 Å². The van der Waals surface area contributed by atoms with Crippen LogP contribution in [0.4, 0.5) is 5.69 Å². The molecule has 0 bridgehead atoms. The lowest BCUT2D eigenvalue weighted by molar-refractivity contribution is -0.113. The highest BCUT2D eigenvalue weighted by atomic mass is 32.2. The van der Waals surface area contributed by atoms with Crippen molar-refractivity contribution < 1.29 is 18.7 Å². The van der Waals surface area contributed by atoms with Gasteiger partial charge < -0.3 is 14.5 Å². The molecule has 0 aliphatic heterocycles. The zero-order chi connectivity index (χ0) is 21.6. The average Bonchev–Trinajstić information content (AvgIpc) is 3.54. The number of rotatable bonds is 8. The number of hydrogen-bond acceptors (Lipinski definition) is 7. The number of furan rings is 1. The number of ether oxygens (including phenoxy) is 1. The summed E-state index contributed by atoms with van der Waals surface area (Å²) in [6.45, 7) is 1.98. The van der Waals surface area contributed by atoms with E-state index in [0.29, 0.717) is 28.0 Å². The maximum Gasteiger partial charge on any atom is 0.340 e. The minimum Gasteiger partial charge on any atom is -0.462 e. The van der Waals surface area contributed by atoms with E-state index in [4.69, 9.17) is 9.15 Å². The fraction of sp³-hybridized carbons (Fsp3) is 0.143. The van der Waals surface area contributed by atoms with E-state index in [1.165, 1.54) is 11.8 Å². The predicted octanol–water partition coefficient (Wildman–Crippen LogP) is 3.56. The third-order valence-corrected chi connectivity index (χ3v) is 5.12. The second kappa shape index (κ2) is 9.35. The van der Waals surface area contributed by atoms with Gasteiger partial charge in [0.05, 0.1) is 29.9 Å². The Labute approximate surface area is 182 Å². The molecule has 0 aliphatic carbocycles. The Morgan fingerprint density at radius 3 is 2.65 bits per heavy atom. The average molecular weight is 437 g/mol. The second-order valence-electron chi connectivity index (χ2n) is 6.26. The van der Waals surface area contributed by atoms with Gasteiger partial charge >= 0.3 is 5.97 Å². The zero-order valence-electron chi connectivity index (χ0n) is 16.6. The van der Waals surface area contributed by atoms with Gasteiger partial charge in [-0.1, -0.05) is 23.9 Å². The van der Waals surface area contributed by atoms with E-state index < -0.39 is 5.97 Å². The SMILES string of the molecule is CCOC(=O)c1ccccc1NC(=O)CSc1nnc(-c2ccco2)n1-n1cccc1. The number of hydrogen-bond donors (Lipinski definition) is 1. The van der Waals surface area contributed by atoms with Gasteiger partial charge in [0.2, 0.25) is 16.9 Å². The number of benzene rings is 1. The van der Waals surface area contributed by atoms with E-state index >= 15 is 0 Å². The lowest BCUT2D eigenvalue weighted by Gasteiger charge is -2.11. The fourth-order valence-electron chi connectivity index (χ4n) is 2.88. The van der Waals surface area contributed by atoms with Gasteiger partial charge in [0.1, 0.15) is 0 Å². The van der Waals surface area contributed by atoms with Crippen molar-refractivity contribution in [3.63, 3.8) is 0 Å². The number of nitrogens with one attached hydrogen (secondary N) is 1. The molecule has 0 atom stereocenters. The highest BCUT2D eigenvalue weighted by Gasteiger charge is 2.19. The van der Waals surface area contributed by atoms with Crippen LogP contribution in [0.1, 0.15) is 17.3 Å². The van der Waals surface area contributed by atoms with E-state index in [1.54, 1.807) is 58.9 Å². The van der Waals surface area contributed by atoms with Crippen molar-refractivity contribution >= 4 is 29.3 Å². The second-order valence-corrected chi connectivity index (χ2v) is 7.20. The normalized spacial score (nSPS) is 10.7. The number of aromatic nitrogens is 4. The highest BCUT2D eigenvalue weighted by molar-refractivity contribution is 7.99. The van der Waals surface area contributed by atoms with Crippen molar-refractivity contribution in [2.45, 2.75) is 12.1 Å². The summed E-state index contributed by atoms with van der Waals surface area (Å²) in [4.78, 5) is 24.7. The molecule has 1 aromatic carbocycles. The van der Waals surface area contributed by atoms with Crippen LogP contribution in [-0.2, 0) is 9.53 Å². The number of carbonyl (C=O) groups excluding carboxylic acids is 2. The molecule has 0 fully saturated rings. The Morgan fingerprint density at radius 2 is 1.90 bits per heavy atom. The first-order valence-electron chi connectivity index (χ1n) is 9.49. The van der Waals surface area contributed by atoms with Gasteiger partial charge in [0.25, 0.3) is 0 Å². The van der Waals surface area contributed by atoms with Gasteiger partial charge in [-0.2, -0.15) is 0 Å². The Bertz CT molecular complexity index is 1170. The largest absolute Gasteiger partial charge is 0.462 e. The molecule has 158 valence electrons. The third-order valence-electron chi connectivity index (χ3n) is 4.20. The van der Waals surface area contributed by atoms with E-state index in [9.17, 15) is 9.59 Å². The van der Waals surface area contributed by atoms with Gasteiger partial charge in [-0.3, -0.25) is 9.47 Å². The number of para-hydroxylation sites is 1. The summed E-state index contributed by atoms with van der Waals surface area (Å²) >= 11 is 1.21. The van der Waals surface area contributed by atoms with Crippen molar-refractivity contribution in [3.05, 3.63) is 72.8 Å². The van der Waals surface area contributed by atoms with Crippen molar-refractivity contribution in [2.75, 3.05) is 17.7 Å². The van der Waals surface area contributed by atoms with Crippen LogP contribution in [-0.4, -0.2) is 43.8 Å². The fourth-order valence-corrected chi connectivity index (χ4v) is 3.61. The van der Waals surface area contributed by atoms with Crippen LogP contribution < -0.4 is 5.32 Å². The van der Waals surface area contributed by atoms with Crippen LogP contribution in [0, 0.1) is 0 Å².